The van der Waals surface area contributed by atoms with Crippen molar-refractivity contribution in [3.63, 3.8) is 0 Å². The summed E-state index contributed by atoms with van der Waals surface area (Å²) in [6.45, 7) is 3.20. The normalized spacial score (nSPS) is 12.3. The average molecular weight is 455 g/mol. The quantitative estimate of drug-likeness (QED) is 0.440. The minimum Gasteiger partial charge on any atom is -0.497 e. The van der Waals surface area contributed by atoms with Crippen LogP contribution in [0.15, 0.2) is 71.5 Å². The number of methoxy groups -OCH3 is 1. The van der Waals surface area contributed by atoms with Crippen molar-refractivity contribution in [1.29, 1.82) is 0 Å². The molecular formula is C28H26N2O4. The molecule has 34 heavy (non-hydrogen) atoms. The zero-order chi connectivity index (χ0) is 23.8. The minimum absolute atomic E-state index is 0.162. The number of ether oxygens (including phenoxy) is 2. The number of rotatable bonds is 5. The van der Waals surface area contributed by atoms with Crippen LogP contribution in [0.4, 0.5) is 0 Å². The Labute approximate surface area is 198 Å². The molecule has 0 spiro atoms. The number of nitrogens with zero attached hydrogens (tertiary/aromatic N) is 2. The number of hydrogen-bond acceptors (Lipinski definition) is 4. The molecule has 0 fully saturated rings. The summed E-state index contributed by atoms with van der Waals surface area (Å²) in [5.74, 6) is 0.991. The van der Waals surface area contributed by atoms with Gasteiger partial charge in [-0.25, -0.2) is 0 Å². The smallest absolute Gasteiger partial charge is 0.264 e. The van der Waals surface area contributed by atoms with Crippen molar-refractivity contribution >= 4 is 16.8 Å². The third kappa shape index (κ3) is 3.71. The van der Waals surface area contributed by atoms with E-state index in [9.17, 15) is 9.59 Å². The van der Waals surface area contributed by atoms with Gasteiger partial charge in [-0.05, 0) is 36.2 Å². The summed E-state index contributed by atoms with van der Waals surface area (Å²) in [6.07, 6.45) is 0. The van der Waals surface area contributed by atoms with E-state index in [4.69, 9.17) is 9.47 Å². The van der Waals surface area contributed by atoms with Crippen molar-refractivity contribution in [3.8, 4) is 22.6 Å². The van der Waals surface area contributed by atoms with Crippen molar-refractivity contribution in [2.45, 2.75) is 20.0 Å². The topological polar surface area (TPSA) is 60.8 Å². The van der Waals surface area contributed by atoms with Crippen LogP contribution >= 0.6 is 0 Å². The van der Waals surface area contributed by atoms with Gasteiger partial charge in [-0.15, -0.1) is 0 Å². The first-order chi connectivity index (χ1) is 16.5. The number of carbonyl (C=O) groups excluding carboxylic acids is 1. The van der Waals surface area contributed by atoms with Gasteiger partial charge in [-0.1, -0.05) is 54.1 Å². The number of carbonyl (C=O) groups is 1. The van der Waals surface area contributed by atoms with E-state index < -0.39 is 0 Å². The van der Waals surface area contributed by atoms with Crippen LogP contribution in [0, 0.1) is 6.92 Å². The Balaban J connectivity index is 1.74. The molecule has 2 heterocycles. The summed E-state index contributed by atoms with van der Waals surface area (Å²) in [7, 11) is 3.33. The Kier molecular flexibility index (Phi) is 5.57. The van der Waals surface area contributed by atoms with Crippen LogP contribution in [-0.2, 0) is 13.1 Å². The van der Waals surface area contributed by atoms with Gasteiger partial charge < -0.3 is 18.9 Å². The molecule has 0 radical (unpaired) electrons. The molecule has 5 rings (SSSR count). The first-order valence-electron chi connectivity index (χ1n) is 11.3. The minimum atomic E-state index is -0.313. The molecule has 6 nitrogen and oxygen atoms in total. The molecule has 1 aliphatic heterocycles. The molecule has 0 unspecified atom stereocenters. The van der Waals surface area contributed by atoms with E-state index >= 15 is 0 Å². The Bertz CT molecular complexity index is 1470. The van der Waals surface area contributed by atoms with E-state index in [1.54, 1.807) is 23.6 Å². The molecule has 4 aromatic rings. The molecule has 1 aromatic heterocycles. The average Bonchev–Trinajstić information content (AvgIpc) is 2.85. The van der Waals surface area contributed by atoms with E-state index in [0.717, 1.165) is 27.6 Å². The van der Waals surface area contributed by atoms with Crippen LogP contribution in [0.5, 0.6) is 11.5 Å². The highest BCUT2D eigenvalue weighted by Crippen LogP contribution is 2.37. The van der Waals surface area contributed by atoms with E-state index in [1.807, 2.05) is 73.7 Å². The number of para-hydroxylation sites is 1. The lowest BCUT2D eigenvalue weighted by atomic mass is 9.94. The van der Waals surface area contributed by atoms with Crippen LogP contribution in [0.1, 0.15) is 21.5 Å². The predicted molar refractivity (Wildman–Crippen MR) is 133 cm³/mol. The Hall–Kier alpha value is -4.06. The zero-order valence-electron chi connectivity index (χ0n) is 19.5. The first kappa shape index (κ1) is 21.8. The van der Waals surface area contributed by atoms with Crippen LogP contribution in [0.25, 0.3) is 22.0 Å². The molecule has 3 aromatic carbocycles. The molecule has 0 atom stereocenters. The second-order valence-electron chi connectivity index (χ2n) is 8.59. The molecule has 172 valence electrons. The standard InChI is InChI=1S/C28H26N2O4/c1-18-7-4-8-19(15-18)17-29(2)27(31)25-24(20-9-5-10-21(16-20)33-3)22-11-6-12-23-26(22)30(28(25)32)13-14-34-23/h4-12,15-16H,13-14,17H2,1-3H3. The predicted octanol–water partition coefficient (Wildman–Crippen LogP) is 4.65. The summed E-state index contributed by atoms with van der Waals surface area (Å²) < 4.78 is 12.9. The van der Waals surface area contributed by atoms with Crippen molar-refractivity contribution in [2.24, 2.45) is 0 Å². The maximum Gasteiger partial charge on any atom is 0.264 e. The van der Waals surface area contributed by atoms with Gasteiger partial charge in [0, 0.05) is 24.5 Å². The van der Waals surface area contributed by atoms with Crippen LogP contribution in [0.3, 0.4) is 0 Å². The maximum absolute atomic E-state index is 13.9. The van der Waals surface area contributed by atoms with Crippen LogP contribution in [-0.4, -0.2) is 36.1 Å². The fourth-order valence-electron chi connectivity index (χ4n) is 4.68. The zero-order valence-corrected chi connectivity index (χ0v) is 19.5. The monoisotopic (exact) mass is 454 g/mol. The molecule has 0 aliphatic carbocycles. The Morgan fingerprint density at radius 2 is 1.88 bits per heavy atom. The van der Waals surface area contributed by atoms with Gasteiger partial charge >= 0.3 is 0 Å². The van der Waals surface area contributed by atoms with E-state index in [0.29, 0.717) is 36.8 Å². The summed E-state index contributed by atoms with van der Waals surface area (Å²) in [5, 5.41) is 0.803. The number of benzene rings is 3. The van der Waals surface area contributed by atoms with Gasteiger partial charge in [-0.2, -0.15) is 0 Å². The molecule has 6 heteroatoms. The maximum atomic E-state index is 13.9. The molecule has 0 saturated carbocycles. The van der Waals surface area contributed by atoms with Crippen molar-refractivity contribution in [3.05, 3.63) is 93.8 Å². The van der Waals surface area contributed by atoms with Gasteiger partial charge in [0.25, 0.3) is 11.5 Å². The van der Waals surface area contributed by atoms with Crippen molar-refractivity contribution < 1.29 is 14.3 Å². The first-order valence-corrected chi connectivity index (χ1v) is 11.3. The lowest BCUT2D eigenvalue weighted by molar-refractivity contribution is 0.0783. The van der Waals surface area contributed by atoms with E-state index in [1.165, 1.54) is 0 Å². The van der Waals surface area contributed by atoms with Crippen molar-refractivity contribution in [1.82, 2.24) is 9.47 Å². The molecule has 0 N–H and O–H groups in total. The Morgan fingerprint density at radius 1 is 1.09 bits per heavy atom. The van der Waals surface area contributed by atoms with Gasteiger partial charge in [-0.3, -0.25) is 9.59 Å². The van der Waals surface area contributed by atoms with Gasteiger partial charge in [0.15, 0.2) is 0 Å². The molecular weight excluding hydrogens is 428 g/mol. The van der Waals surface area contributed by atoms with Gasteiger partial charge in [0.1, 0.15) is 23.7 Å². The fraction of sp³-hybridized carbons (Fsp3) is 0.214. The van der Waals surface area contributed by atoms with Gasteiger partial charge in [0.05, 0.1) is 19.2 Å². The van der Waals surface area contributed by atoms with Crippen LogP contribution in [0.2, 0.25) is 0 Å². The van der Waals surface area contributed by atoms with E-state index in [-0.39, 0.29) is 17.0 Å². The number of pyridine rings is 1. The third-order valence-corrected chi connectivity index (χ3v) is 6.24. The summed E-state index contributed by atoms with van der Waals surface area (Å²) in [4.78, 5) is 29.3. The van der Waals surface area contributed by atoms with E-state index in [2.05, 4.69) is 0 Å². The van der Waals surface area contributed by atoms with Crippen molar-refractivity contribution in [2.75, 3.05) is 20.8 Å². The second-order valence-corrected chi connectivity index (χ2v) is 8.59. The largest absolute Gasteiger partial charge is 0.497 e. The SMILES string of the molecule is COc1cccc(-c2c(C(=O)N(C)Cc3cccc(C)c3)c(=O)n3c4c(cccc24)OCC3)c1. The lowest BCUT2D eigenvalue weighted by Gasteiger charge is -2.25. The molecule has 0 bridgehead atoms. The lowest BCUT2D eigenvalue weighted by Crippen LogP contribution is -2.37. The number of hydrogen-bond donors (Lipinski definition) is 0. The molecule has 1 amide bonds. The highest BCUT2D eigenvalue weighted by atomic mass is 16.5. The van der Waals surface area contributed by atoms with Gasteiger partial charge in [0.2, 0.25) is 0 Å². The number of aromatic nitrogens is 1. The number of aryl methyl sites for hydroxylation is 1. The van der Waals surface area contributed by atoms with Crippen LogP contribution < -0.4 is 15.0 Å². The second kappa shape index (κ2) is 8.71. The summed E-state index contributed by atoms with van der Waals surface area (Å²) >= 11 is 0. The molecule has 0 saturated heterocycles. The highest BCUT2D eigenvalue weighted by molar-refractivity contribution is 6.10. The fourth-order valence-corrected chi connectivity index (χ4v) is 4.68. The summed E-state index contributed by atoms with van der Waals surface area (Å²) in [6, 6.07) is 21.2. The number of amides is 1. The molecule has 1 aliphatic rings. The highest BCUT2D eigenvalue weighted by Gasteiger charge is 2.28. The third-order valence-electron chi connectivity index (χ3n) is 6.24. The summed E-state index contributed by atoms with van der Waals surface area (Å²) in [5.41, 5.74) is 4.06. The Morgan fingerprint density at radius 3 is 2.68 bits per heavy atom.